The number of carbonyl (C=O) groups is 1. The molecule has 1 aromatic heterocycles. The second-order valence-corrected chi connectivity index (χ2v) is 13.8. The first-order valence-corrected chi connectivity index (χ1v) is 17.5. The minimum Gasteiger partial charge on any atom is -0.493 e. The van der Waals surface area contributed by atoms with E-state index in [9.17, 15) is 4.79 Å². The van der Waals surface area contributed by atoms with E-state index < -0.39 is 6.04 Å². The Morgan fingerprint density at radius 1 is 1.09 bits per heavy atom. The number of anilines is 1. The van der Waals surface area contributed by atoms with Crippen molar-refractivity contribution in [1.29, 1.82) is 0 Å². The van der Waals surface area contributed by atoms with Crippen molar-refractivity contribution in [2.75, 3.05) is 12.4 Å². The normalized spacial score (nSPS) is 16.5. The van der Waals surface area contributed by atoms with Crippen molar-refractivity contribution >= 4 is 51.2 Å². The van der Waals surface area contributed by atoms with Gasteiger partial charge in [-0.25, -0.2) is 9.48 Å². The van der Waals surface area contributed by atoms with Crippen LogP contribution in [0.2, 0.25) is 5.02 Å². The molecule has 0 saturated heterocycles. The first-order valence-electron chi connectivity index (χ1n) is 15.4. The van der Waals surface area contributed by atoms with Crippen molar-refractivity contribution in [2.24, 2.45) is 0 Å². The third kappa shape index (κ3) is 7.24. The van der Waals surface area contributed by atoms with E-state index in [-0.39, 0.29) is 12.1 Å². The molecule has 240 valence electrons. The molecule has 1 N–H and O–H groups in total. The molecule has 0 radical (unpaired) electrons. The first-order chi connectivity index (χ1) is 22.3. The quantitative estimate of drug-likeness (QED) is 0.128. The van der Waals surface area contributed by atoms with Gasteiger partial charge in [0.2, 0.25) is 11.1 Å². The lowest BCUT2D eigenvalue weighted by molar-refractivity contribution is -0.146. The third-order valence-corrected chi connectivity index (χ3v) is 10.1. The molecule has 1 fully saturated rings. The number of esters is 1. The van der Waals surface area contributed by atoms with Crippen molar-refractivity contribution in [3.8, 4) is 11.5 Å². The van der Waals surface area contributed by atoms with Crippen molar-refractivity contribution in [2.45, 2.75) is 75.6 Å². The minimum absolute atomic E-state index is 0.0973. The molecule has 46 heavy (non-hydrogen) atoms. The number of hydrogen-bond acceptors (Lipinski definition) is 8. The summed E-state index contributed by atoms with van der Waals surface area (Å²) in [5.41, 5.74) is 5.15. The van der Waals surface area contributed by atoms with Gasteiger partial charge < -0.3 is 19.5 Å². The number of aryl methyl sites for hydroxylation is 1. The number of carbonyl (C=O) groups excluding carboxylic acids is 1. The number of fused-ring (bicyclic) bond motifs is 1. The number of aromatic nitrogens is 3. The van der Waals surface area contributed by atoms with E-state index in [1.54, 1.807) is 11.8 Å². The van der Waals surface area contributed by atoms with E-state index >= 15 is 0 Å². The Bertz CT molecular complexity index is 1750. The molecular weight excluding hydrogens is 688 g/mol. The first kappa shape index (κ1) is 32.5. The third-order valence-electron chi connectivity index (χ3n) is 8.26. The molecule has 3 aromatic carbocycles. The lowest BCUT2D eigenvalue weighted by Crippen LogP contribution is -2.32. The van der Waals surface area contributed by atoms with E-state index in [1.165, 1.54) is 23.7 Å². The van der Waals surface area contributed by atoms with Crippen molar-refractivity contribution in [1.82, 2.24) is 14.8 Å². The fourth-order valence-electron chi connectivity index (χ4n) is 5.80. The number of rotatable bonds is 10. The maximum absolute atomic E-state index is 13.9. The van der Waals surface area contributed by atoms with E-state index in [2.05, 4.69) is 40.3 Å². The summed E-state index contributed by atoms with van der Waals surface area (Å²) in [5.74, 6) is 1.88. The van der Waals surface area contributed by atoms with Crippen molar-refractivity contribution in [3.63, 3.8) is 0 Å². The number of nitrogens with zero attached hydrogens (tertiary/aromatic N) is 3. The smallest absolute Gasteiger partial charge is 0.338 e. The van der Waals surface area contributed by atoms with Crippen LogP contribution in [0.5, 0.6) is 11.5 Å². The number of allylic oxidation sites excluding steroid dienone is 1. The van der Waals surface area contributed by atoms with Crippen LogP contribution in [0, 0.1) is 6.92 Å². The van der Waals surface area contributed by atoms with Crippen molar-refractivity contribution < 1.29 is 19.0 Å². The predicted molar refractivity (Wildman–Crippen MR) is 185 cm³/mol. The summed E-state index contributed by atoms with van der Waals surface area (Å²) in [4.78, 5) is 18.7. The highest BCUT2D eigenvalue weighted by molar-refractivity contribution is 9.10. The molecule has 1 atom stereocenters. The summed E-state index contributed by atoms with van der Waals surface area (Å²) in [7, 11) is 1.61. The topological polar surface area (TPSA) is 87.5 Å². The van der Waals surface area contributed by atoms with E-state index in [1.807, 2.05) is 55.5 Å². The van der Waals surface area contributed by atoms with Gasteiger partial charge >= 0.3 is 5.97 Å². The van der Waals surface area contributed by atoms with Gasteiger partial charge in [-0.05, 0) is 90.4 Å². The van der Waals surface area contributed by atoms with Crippen LogP contribution in [0.3, 0.4) is 0 Å². The number of methoxy groups -OCH3 is 1. The Labute approximate surface area is 287 Å². The highest BCUT2D eigenvalue weighted by Crippen LogP contribution is 2.44. The Hall–Kier alpha value is -3.47. The van der Waals surface area contributed by atoms with Crippen LogP contribution in [-0.4, -0.2) is 33.9 Å². The number of halogens is 2. The maximum atomic E-state index is 13.9. The van der Waals surface area contributed by atoms with E-state index in [4.69, 9.17) is 35.9 Å². The van der Waals surface area contributed by atoms with Gasteiger partial charge in [0, 0.05) is 16.5 Å². The summed E-state index contributed by atoms with van der Waals surface area (Å²) in [6.07, 6.45) is 4.94. The minimum atomic E-state index is -0.620. The van der Waals surface area contributed by atoms with Crippen LogP contribution in [0.4, 0.5) is 5.95 Å². The average molecular weight is 724 g/mol. The summed E-state index contributed by atoms with van der Waals surface area (Å²) in [5, 5.41) is 9.46. The zero-order valence-electron chi connectivity index (χ0n) is 26.0. The summed E-state index contributed by atoms with van der Waals surface area (Å²) < 4.78 is 20.6. The molecule has 1 aliphatic heterocycles. The molecule has 2 heterocycles. The van der Waals surface area contributed by atoms with Gasteiger partial charge in [0.25, 0.3) is 0 Å². The molecule has 8 nitrogen and oxygen atoms in total. The number of nitrogens with one attached hydrogen (secondary N) is 1. The fourth-order valence-corrected chi connectivity index (χ4v) is 7.49. The largest absolute Gasteiger partial charge is 0.493 e. The van der Waals surface area contributed by atoms with Crippen LogP contribution in [0.15, 0.2) is 81.6 Å². The van der Waals surface area contributed by atoms with Crippen LogP contribution in [0.25, 0.3) is 0 Å². The number of ether oxygens (including phenoxy) is 3. The maximum Gasteiger partial charge on any atom is 0.338 e. The van der Waals surface area contributed by atoms with Gasteiger partial charge in [-0.2, -0.15) is 4.98 Å². The molecule has 0 bridgehead atoms. The number of hydrogen-bond donors (Lipinski definition) is 1. The van der Waals surface area contributed by atoms with Gasteiger partial charge in [-0.3, -0.25) is 0 Å². The molecule has 0 amide bonds. The van der Waals surface area contributed by atoms with Crippen LogP contribution in [-0.2, 0) is 21.9 Å². The zero-order valence-corrected chi connectivity index (χ0v) is 29.2. The van der Waals surface area contributed by atoms with E-state index in [0.29, 0.717) is 55.7 Å². The molecule has 1 saturated carbocycles. The highest BCUT2D eigenvalue weighted by atomic mass is 79.9. The molecule has 1 aliphatic carbocycles. The Morgan fingerprint density at radius 3 is 2.59 bits per heavy atom. The predicted octanol–water partition coefficient (Wildman–Crippen LogP) is 9.05. The number of benzene rings is 3. The molecule has 1 unspecified atom stereocenters. The Balaban J connectivity index is 1.35. The van der Waals surface area contributed by atoms with E-state index in [0.717, 1.165) is 42.4 Å². The average Bonchev–Trinajstić information content (AvgIpc) is 3.46. The zero-order chi connectivity index (χ0) is 32.2. The fraction of sp³-hybridized carbons (Fsp3) is 0.343. The molecule has 11 heteroatoms. The summed E-state index contributed by atoms with van der Waals surface area (Å²) in [6.45, 7) is 4.31. The molecule has 2 aliphatic rings. The standard InChI is InChI=1S/C35H36BrClN4O4S/c1-21-13-15-23(16-14-21)19-44-32-27(36)17-25(18-29(32)43-3)31-30(33(42)45-26-10-5-4-6-11-26)22(2)38-34-39-35(40-41(31)34)46-20-24-9-7-8-12-28(24)37/h7-9,12-18,26,31H,4-6,10-11,19-20H2,1-3H3,(H,38,39,40). The lowest BCUT2D eigenvalue weighted by atomic mass is 9.94. The van der Waals surface area contributed by atoms with Gasteiger partial charge in [0.05, 0.1) is 17.2 Å². The Morgan fingerprint density at radius 2 is 1.85 bits per heavy atom. The summed E-state index contributed by atoms with van der Waals surface area (Å²) in [6, 6.07) is 19.2. The van der Waals surface area contributed by atoms with Crippen molar-refractivity contribution in [3.05, 3.63) is 104 Å². The van der Waals surface area contributed by atoms with Gasteiger partial charge in [0.1, 0.15) is 18.8 Å². The molecule has 4 aromatic rings. The van der Waals surface area contributed by atoms with Crippen LogP contribution < -0.4 is 14.8 Å². The van der Waals surface area contributed by atoms with Gasteiger partial charge in [-0.15, -0.1) is 5.10 Å². The number of thioether (sulfide) groups is 1. The second kappa shape index (κ2) is 14.5. The van der Waals surface area contributed by atoms with Crippen LogP contribution >= 0.6 is 39.3 Å². The SMILES string of the molecule is COc1cc(C2C(C(=O)OC3CCCCC3)=C(C)Nc3nc(SCc4ccccc4Cl)nn32)cc(Br)c1OCc1ccc(C)cc1. The molecule has 0 spiro atoms. The Kier molecular flexibility index (Phi) is 10.3. The van der Waals surface area contributed by atoms with Gasteiger partial charge in [0.15, 0.2) is 11.5 Å². The monoisotopic (exact) mass is 722 g/mol. The highest BCUT2D eigenvalue weighted by Gasteiger charge is 2.37. The lowest BCUT2D eigenvalue weighted by Gasteiger charge is -2.30. The second-order valence-electron chi connectivity index (χ2n) is 11.6. The molecular formula is C35H36BrClN4O4S. The molecule has 6 rings (SSSR count). The van der Waals surface area contributed by atoms with Crippen LogP contribution in [0.1, 0.15) is 67.3 Å². The van der Waals surface area contributed by atoms with Gasteiger partial charge in [-0.1, -0.05) is 77.8 Å². The summed E-state index contributed by atoms with van der Waals surface area (Å²) >= 11 is 11.6.